The zero-order valence-electron chi connectivity index (χ0n) is 12.3. The fraction of sp³-hybridized carbons (Fsp3) is 0.286. The topological polar surface area (TPSA) is 12.9 Å². The van der Waals surface area contributed by atoms with Crippen molar-refractivity contribution in [3.8, 4) is 0 Å². The third kappa shape index (κ3) is 1.42. The van der Waals surface area contributed by atoms with Crippen LogP contribution in [0, 0.1) is 13.7 Å². The molecule has 0 radical (unpaired) electrons. The number of hydrogen-bond acceptors (Lipinski definition) is 1. The Kier molecular flexibility index (Phi) is 0.453. The molecule has 0 aliphatic rings. The van der Waals surface area contributed by atoms with Crippen LogP contribution in [0.5, 0.6) is 0 Å². The monoisotopic (exact) mass is 149 g/mol. The van der Waals surface area contributed by atoms with E-state index in [1.165, 1.54) is 0 Å². The molecule has 0 fully saturated rings. The molecule has 0 bridgehead atoms. The maximum absolute atomic E-state index is 7.48. The molecule has 0 saturated carbocycles. The molecule has 1 rings (SSSR count). The Bertz CT molecular complexity index is 449. The van der Waals surface area contributed by atoms with E-state index >= 15 is 0 Å². The minimum atomic E-state index is -2.70. The summed E-state index contributed by atoms with van der Waals surface area (Å²) in [5.74, 6) is 0. The Hall–Kier alpha value is -0.560. The van der Waals surface area contributed by atoms with E-state index in [9.17, 15) is 0 Å². The lowest BCUT2D eigenvalue weighted by Crippen LogP contribution is -1.81. The van der Waals surface area contributed by atoms with E-state index in [2.05, 4.69) is 4.98 Å². The number of hydrogen-bond donors (Lipinski definition) is 0. The first-order valence-corrected chi connectivity index (χ1v) is 2.51. The van der Waals surface area contributed by atoms with Gasteiger partial charge in [-0.2, -0.15) is 0 Å². The molecule has 0 aliphatic carbocycles. The van der Waals surface area contributed by atoms with E-state index < -0.39 is 42.2 Å². The lowest BCUT2D eigenvalue weighted by Gasteiger charge is -1.95. The van der Waals surface area contributed by atoms with Gasteiger partial charge in [0, 0.05) is 25.1 Å². The number of pyridine rings is 1. The molecule has 0 aromatic carbocycles. The average Bonchev–Trinajstić information content (AvgIpc) is 2.07. The van der Waals surface area contributed by atoms with Gasteiger partial charge in [0.1, 0.15) is 0 Å². The van der Waals surface area contributed by atoms with Gasteiger partial charge in [-0.1, -0.05) is 11.6 Å². The SMILES string of the molecule is [2H]c1nc(C([2H])([2H])[2H])c([2H])c(Cl)c1C([2H])([2H])[2H]. The maximum Gasteiger partial charge on any atom is 0.0843 e. The van der Waals surface area contributed by atoms with Crippen LogP contribution in [0.4, 0.5) is 0 Å². The third-order valence-electron chi connectivity index (χ3n) is 0.727. The highest BCUT2D eigenvalue weighted by Gasteiger charge is 1.92. The van der Waals surface area contributed by atoms with Crippen LogP contribution in [-0.2, 0) is 0 Å². The van der Waals surface area contributed by atoms with Crippen LogP contribution in [0.25, 0.3) is 0 Å². The third-order valence-corrected chi connectivity index (χ3v) is 1.01. The van der Waals surface area contributed by atoms with E-state index in [1.54, 1.807) is 0 Å². The van der Waals surface area contributed by atoms with E-state index in [1.807, 2.05) is 0 Å². The van der Waals surface area contributed by atoms with Gasteiger partial charge in [0.15, 0.2) is 0 Å². The van der Waals surface area contributed by atoms with Crippen molar-refractivity contribution in [3.05, 3.63) is 28.5 Å². The standard InChI is InChI=1S/C7H8ClN/c1-5-4-9-6(2)3-7(5)8/h3-4H,1-2H3/i1D3,2D3,3D,4D. The summed E-state index contributed by atoms with van der Waals surface area (Å²) < 4.78 is 57.6. The second-order valence-electron chi connectivity index (χ2n) is 1.39. The van der Waals surface area contributed by atoms with Gasteiger partial charge >= 0.3 is 0 Å². The molecule has 0 saturated heterocycles. The highest BCUT2D eigenvalue weighted by atomic mass is 35.5. The number of aromatic nitrogens is 1. The minimum Gasteiger partial charge on any atom is -0.261 e. The summed E-state index contributed by atoms with van der Waals surface area (Å²) in [7, 11) is 0. The normalized spacial score (nSPS) is 25.4. The van der Waals surface area contributed by atoms with Crippen molar-refractivity contribution in [2.45, 2.75) is 13.7 Å². The maximum atomic E-state index is 7.48. The van der Waals surface area contributed by atoms with Gasteiger partial charge in [-0.3, -0.25) is 4.98 Å². The largest absolute Gasteiger partial charge is 0.261 e. The number of nitrogens with zero attached hydrogens (tertiary/aromatic N) is 1. The van der Waals surface area contributed by atoms with Crippen LogP contribution >= 0.6 is 11.6 Å². The van der Waals surface area contributed by atoms with Crippen molar-refractivity contribution < 1.29 is 11.0 Å². The fourth-order valence-electron chi connectivity index (χ4n) is 0.355. The van der Waals surface area contributed by atoms with E-state index in [-0.39, 0.29) is 0 Å². The predicted octanol–water partition coefficient (Wildman–Crippen LogP) is 2.35. The molecule has 0 aliphatic heterocycles. The molecule has 1 aromatic heterocycles. The van der Waals surface area contributed by atoms with Crippen molar-refractivity contribution in [2.75, 3.05) is 0 Å². The second-order valence-corrected chi connectivity index (χ2v) is 1.76. The Balaban J connectivity index is 3.60. The molecular weight excluding hydrogens is 134 g/mol. The van der Waals surface area contributed by atoms with Crippen molar-refractivity contribution in [1.29, 1.82) is 0 Å². The molecule has 0 spiro atoms. The quantitative estimate of drug-likeness (QED) is 0.552. The summed E-state index contributed by atoms with van der Waals surface area (Å²) in [6, 6.07) is -0.672. The molecule has 48 valence electrons. The van der Waals surface area contributed by atoms with Crippen LogP contribution in [0.15, 0.2) is 12.2 Å². The highest BCUT2D eigenvalue weighted by molar-refractivity contribution is 6.31. The van der Waals surface area contributed by atoms with Crippen LogP contribution < -0.4 is 0 Å². The Morgan fingerprint density at radius 3 is 3.33 bits per heavy atom. The Morgan fingerprint density at radius 2 is 2.67 bits per heavy atom. The van der Waals surface area contributed by atoms with Gasteiger partial charge in [0.2, 0.25) is 0 Å². The summed E-state index contributed by atoms with van der Waals surface area (Å²) >= 11 is 5.64. The van der Waals surface area contributed by atoms with Crippen molar-refractivity contribution in [2.24, 2.45) is 0 Å². The zero-order valence-corrected chi connectivity index (χ0v) is 5.08. The number of rotatable bonds is 0. The van der Waals surface area contributed by atoms with Gasteiger partial charge in [0.25, 0.3) is 0 Å². The van der Waals surface area contributed by atoms with Crippen molar-refractivity contribution in [3.63, 3.8) is 0 Å². The molecule has 1 heterocycles. The molecule has 2 heteroatoms. The van der Waals surface area contributed by atoms with Gasteiger partial charge in [-0.25, -0.2) is 0 Å². The minimum absolute atomic E-state index is 0.559. The molecule has 0 atom stereocenters. The highest BCUT2D eigenvalue weighted by Crippen LogP contribution is 2.13. The van der Waals surface area contributed by atoms with E-state index in [0.717, 1.165) is 0 Å². The first kappa shape index (κ1) is 1.73. The Labute approximate surface area is 70.9 Å². The first-order valence-electron chi connectivity index (χ1n) is 6.14. The lowest BCUT2D eigenvalue weighted by atomic mass is 10.3. The van der Waals surface area contributed by atoms with Gasteiger partial charge in [-0.05, 0) is 25.3 Å². The molecule has 0 amide bonds. The predicted molar refractivity (Wildman–Crippen MR) is 38.7 cm³/mol. The van der Waals surface area contributed by atoms with Crippen LogP contribution in [0.2, 0.25) is 5.02 Å². The summed E-state index contributed by atoms with van der Waals surface area (Å²) in [4.78, 5) is 3.34. The molecule has 1 nitrogen and oxygen atoms in total. The summed E-state index contributed by atoms with van der Waals surface area (Å²) in [5, 5.41) is -0.559. The van der Waals surface area contributed by atoms with Crippen molar-refractivity contribution in [1.82, 2.24) is 4.98 Å². The molecular formula is C7H8ClN. The lowest BCUT2D eigenvalue weighted by molar-refractivity contribution is 1.17. The Morgan fingerprint density at radius 1 is 1.78 bits per heavy atom. The summed E-state index contributed by atoms with van der Waals surface area (Å²) in [6.07, 6.45) is -0.739. The molecule has 9 heavy (non-hydrogen) atoms. The average molecular weight is 150 g/mol. The summed E-state index contributed by atoms with van der Waals surface area (Å²) in [5.41, 5.74) is -1.27. The molecule has 0 unspecified atom stereocenters. The number of halogens is 1. The fourth-order valence-corrected chi connectivity index (χ4v) is 0.487. The zero-order chi connectivity index (χ0) is 13.6. The van der Waals surface area contributed by atoms with Gasteiger partial charge < -0.3 is 0 Å². The first-order chi connectivity index (χ1) is 7.46. The van der Waals surface area contributed by atoms with Gasteiger partial charge in [-0.15, -0.1) is 0 Å². The molecule has 1 aromatic rings. The van der Waals surface area contributed by atoms with E-state index in [0.29, 0.717) is 0 Å². The van der Waals surface area contributed by atoms with Crippen LogP contribution in [-0.4, -0.2) is 4.98 Å². The van der Waals surface area contributed by atoms with E-state index in [4.69, 9.17) is 22.6 Å². The van der Waals surface area contributed by atoms with Crippen LogP contribution in [0.3, 0.4) is 0 Å². The molecule has 0 N–H and O–H groups in total. The summed E-state index contributed by atoms with van der Waals surface area (Å²) in [6.45, 7) is -5.41. The second kappa shape index (κ2) is 2.36. The van der Waals surface area contributed by atoms with Gasteiger partial charge in [0.05, 0.1) is 2.74 Å². The number of aryl methyl sites for hydroxylation is 1. The van der Waals surface area contributed by atoms with Crippen molar-refractivity contribution >= 4 is 11.6 Å². The van der Waals surface area contributed by atoms with Crippen LogP contribution in [0.1, 0.15) is 22.2 Å². The smallest absolute Gasteiger partial charge is 0.0843 e.